The largest absolute Gasteiger partial charge is 0.493 e. The molecule has 0 aliphatic carbocycles. The summed E-state index contributed by atoms with van der Waals surface area (Å²) in [4.78, 5) is 13.4. The number of ether oxygens (including phenoxy) is 1. The molecule has 0 fully saturated rings. The number of benzene rings is 1. The first-order chi connectivity index (χ1) is 9.70. The number of hydrogen-bond donors (Lipinski definition) is 1. The molecule has 0 spiro atoms. The number of carbonyl (C=O) groups excluding carboxylic acids is 1. The van der Waals surface area contributed by atoms with Crippen LogP contribution in [0.4, 0.5) is 0 Å². The molecule has 5 heteroatoms. The number of nitrogens with one attached hydrogen (secondary N) is 1. The minimum Gasteiger partial charge on any atom is -0.493 e. The summed E-state index contributed by atoms with van der Waals surface area (Å²) in [5.41, 5.74) is 0.585. The monoisotopic (exact) mass is 353 g/mol. The van der Waals surface area contributed by atoms with Gasteiger partial charge in [-0.3, -0.25) is 4.79 Å². The van der Waals surface area contributed by atoms with Crippen LogP contribution in [0, 0.1) is 0 Å². The molecule has 1 heterocycles. The summed E-state index contributed by atoms with van der Waals surface area (Å²) in [5.74, 6) is 0.538. The second kappa shape index (κ2) is 7.45. The van der Waals surface area contributed by atoms with Crippen molar-refractivity contribution < 1.29 is 9.53 Å². The topological polar surface area (TPSA) is 38.3 Å². The van der Waals surface area contributed by atoms with Gasteiger partial charge in [0.05, 0.1) is 16.0 Å². The first kappa shape index (κ1) is 15.1. The number of carbonyl (C=O) groups is 1. The predicted octanol–water partition coefficient (Wildman–Crippen LogP) is 3.88. The SMILES string of the molecule is CCOc1ccccc1C(=O)NCCc1ccc(Br)s1. The Hall–Kier alpha value is -1.33. The highest BCUT2D eigenvalue weighted by Crippen LogP contribution is 2.22. The minimum absolute atomic E-state index is 0.0929. The highest BCUT2D eigenvalue weighted by Gasteiger charge is 2.11. The zero-order valence-corrected chi connectivity index (χ0v) is 13.6. The van der Waals surface area contributed by atoms with Crippen molar-refractivity contribution >= 4 is 33.2 Å². The summed E-state index contributed by atoms with van der Waals surface area (Å²) in [6, 6.07) is 11.4. The van der Waals surface area contributed by atoms with Crippen LogP contribution in [0.2, 0.25) is 0 Å². The van der Waals surface area contributed by atoms with Crippen LogP contribution >= 0.6 is 27.3 Å². The molecule has 0 atom stereocenters. The van der Waals surface area contributed by atoms with Gasteiger partial charge >= 0.3 is 0 Å². The van der Waals surface area contributed by atoms with Gasteiger partial charge in [0.15, 0.2) is 0 Å². The average molecular weight is 354 g/mol. The van der Waals surface area contributed by atoms with E-state index in [2.05, 4.69) is 27.3 Å². The van der Waals surface area contributed by atoms with E-state index in [9.17, 15) is 4.79 Å². The Morgan fingerprint density at radius 1 is 1.30 bits per heavy atom. The van der Waals surface area contributed by atoms with Crippen molar-refractivity contribution in [2.75, 3.05) is 13.2 Å². The van der Waals surface area contributed by atoms with Gasteiger partial charge in [-0.05, 0) is 53.5 Å². The van der Waals surface area contributed by atoms with Crippen molar-refractivity contribution in [1.82, 2.24) is 5.32 Å². The van der Waals surface area contributed by atoms with E-state index in [-0.39, 0.29) is 5.91 Å². The Morgan fingerprint density at radius 2 is 2.10 bits per heavy atom. The molecule has 0 aliphatic rings. The highest BCUT2D eigenvalue weighted by atomic mass is 79.9. The van der Waals surface area contributed by atoms with Gasteiger partial charge in [-0.2, -0.15) is 0 Å². The van der Waals surface area contributed by atoms with Crippen molar-refractivity contribution in [3.05, 3.63) is 50.6 Å². The molecule has 1 aromatic heterocycles. The Bertz CT molecular complexity index is 583. The van der Waals surface area contributed by atoms with E-state index < -0.39 is 0 Å². The van der Waals surface area contributed by atoms with Crippen molar-refractivity contribution in [2.45, 2.75) is 13.3 Å². The van der Waals surface area contributed by atoms with Crippen molar-refractivity contribution in [2.24, 2.45) is 0 Å². The van der Waals surface area contributed by atoms with Crippen molar-refractivity contribution in [1.29, 1.82) is 0 Å². The molecule has 0 bridgehead atoms. The van der Waals surface area contributed by atoms with Crippen LogP contribution in [-0.2, 0) is 6.42 Å². The number of amides is 1. The highest BCUT2D eigenvalue weighted by molar-refractivity contribution is 9.11. The lowest BCUT2D eigenvalue weighted by molar-refractivity contribution is 0.0950. The molecule has 0 unspecified atom stereocenters. The second-order valence-corrected chi connectivity index (χ2v) is 6.69. The van der Waals surface area contributed by atoms with Gasteiger partial charge < -0.3 is 10.1 Å². The van der Waals surface area contributed by atoms with Gasteiger partial charge in [0.25, 0.3) is 5.91 Å². The van der Waals surface area contributed by atoms with Gasteiger partial charge in [0, 0.05) is 11.4 Å². The lowest BCUT2D eigenvalue weighted by atomic mass is 10.2. The average Bonchev–Trinajstić information content (AvgIpc) is 2.85. The van der Waals surface area contributed by atoms with Crippen LogP contribution in [0.3, 0.4) is 0 Å². The van der Waals surface area contributed by atoms with Gasteiger partial charge in [-0.1, -0.05) is 12.1 Å². The molecule has 0 saturated carbocycles. The molecule has 106 valence electrons. The number of thiophene rings is 1. The third kappa shape index (κ3) is 4.08. The third-order valence-electron chi connectivity index (χ3n) is 2.72. The zero-order chi connectivity index (χ0) is 14.4. The summed E-state index contributed by atoms with van der Waals surface area (Å²) in [5, 5.41) is 2.93. The molecular formula is C15H16BrNO2S. The van der Waals surface area contributed by atoms with Crippen LogP contribution < -0.4 is 10.1 Å². The summed E-state index contributed by atoms with van der Waals surface area (Å²) < 4.78 is 6.57. The Kier molecular flexibility index (Phi) is 5.61. The van der Waals surface area contributed by atoms with Crippen molar-refractivity contribution in [3.63, 3.8) is 0 Å². The van der Waals surface area contributed by atoms with Gasteiger partial charge in [0.1, 0.15) is 5.75 Å². The van der Waals surface area contributed by atoms with Crippen molar-refractivity contribution in [3.8, 4) is 5.75 Å². The standard InChI is InChI=1S/C15H16BrNO2S/c1-2-19-13-6-4-3-5-12(13)15(18)17-10-9-11-7-8-14(16)20-11/h3-8H,2,9-10H2,1H3,(H,17,18). The van der Waals surface area contributed by atoms with E-state index in [1.807, 2.05) is 31.2 Å². The van der Waals surface area contributed by atoms with Crippen LogP contribution in [0.5, 0.6) is 5.75 Å². The molecule has 1 amide bonds. The maximum Gasteiger partial charge on any atom is 0.255 e. The number of hydrogen-bond acceptors (Lipinski definition) is 3. The normalized spacial score (nSPS) is 10.3. The molecule has 1 aromatic carbocycles. The molecule has 2 rings (SSSR count). The summed E-state index contributed by atoms with van der Waals surface area (Å²) in [6.45, 7) is 3.07. The predicted molar refractivity (Wildman–Crippen MR) is 85.7 cm³/mol. The van der Waals surface area contributed by atoms with E-state index in [0.29, 0.717) is 24.5 Å². The lowest BCUT2D eigenvalue weighted by Crippen LogP contribution is -2.26. The molecule has 0 radical (unpaired) electrons. The van der Waals surface area contributed by atoms with Gasteiger partial charge in [-0.25, -0.2) is 0 Å². The zero-order valence-electron chi connectivity index (χ0n) is 11.2. The van der Waals surface area contributed by atoms with E-state index in [0.717, 1.165) is 10.2 Å². The van der Waals surface area contributed by atoms with Gasteiger partial charge in [0.2, 0.25) is 0 Å². The van der Waals surface area contributed by atoms with E-state index >= 15 is 0 Å². The molecular weight excluding hydrogens is 338 g/mol. The van der Waals surface area contributed by atoms with Crippen LogP contribution in [-0.4, -0.2) is 19.1 Å². The van der Waals surface area contributed by atoms with Crippen LogP contribution in [0.1, 0.15) is 22.2 Å². The fourth-order valence-electron chi connectivity index (χ4n) is 1.82. The first-order valence-electron chi connectivity index (χ1n) is 6.45. The number of halogens is 1. The fraction of sp³-hybridized carbons (Fsp3) is 0.267. The maximum atomic E-state index is 12.1. The van der Waals surface area contributed by atoms with E-state index in [4.69, 9.17) is 4.74 Å². The molecule has 2 aromatic rings. The van der Waals surface area contributed by atoms with E-state index in [1.165, 1.54) is 4.88 Å². The smallest absolute Gasteiger partial charge is 0.255 e. The Morgan fingerprint density at radius 3 is 2.80 bits per heavy atom. The number of para-hydroxylation sites is 1. The summed E-state index contributed by atoms with van der Waals surface area (Å²) in [6.07, 6.45) is 0.832. The molecule has 3 nitrogen and oxygen atoms in total. The lowest BCUT2D eigenvalue weighted by Gasteiger charge is -2.10. The Balaban J connectivity index is 1.91. The first-order valence-corrected chi connectivity index (χ1v) is 8.06. The van der Waals surface area contributed by atoms with Crippen LogP contribution in [0.15, 0.2) is 40.2 Å². The van der Waals surface area contributed by atoms with Gasteiger partial charge in [-0.15, -0.1) is 11.3 Å². The van der Waals surface area contributed by atoms with E-state index in [1.54, 1.807) is 17.4 Å². The maximum absolute atomic E-state index is 12.1. The molecule has 0 aliphatic heterocycles. The molecule has 0 saturated heterocycles. The number of rotatable bonds is 6. The van der Waals surface area contributed by atoms with Crippen LogP contribution in [0.25, 0.3) is 0 Å². The third-order valence-corrected chi connectivity index (χ3v) is 4.40. The quantitative estimate of drug-likeness (QED) is 0.855. The minimum atomic E-state index is -0.0929. The summed E-state index contributed by atoms with van der Waals surface area (Å²) >= 11 is 5.12. The summed E-state index contributed by atoms with van der Waals surface area (Å²) in [7, 11) is 0. The fourth-order valence-corrected chi connectivity index (χ4v) is 3.30. The Labute approximate surface area is 131 Å². The molecule has 1 N–H and O–H groups in total. The molecule has 20 heavy (non-hydrogen) atoms. The second-order valence-electron chi connectivity index (χ2n) is 4.14.